The van der Waals surface area contributed by atoms with Crippen molar-refractivity contribution in [3.05, 3.63) is 26.7 Å². The standard InChI is InChI=1S/C10H8Cl4N2O2/c1-4-5(11)3-6(12)8(7(4)13)15-16-9(14)10(17)18-2/h3,15H,1-2H3. The largest absolute Gasteiger partial charge is 0.464 e. The number of nitrogens with one attached hydrogen (secondary N) is 1. The predicted molar refractivity (Wildman–Crippen MR) is 75.1 cm³/mol. The Kier molecular flexibility index (Phi) is 5.53. The zero-order valence-corrected chi connectivity index (χ0v) is 12.4. The number of hydrogen-bond acceptors (Lipinski definition) is 4. The van der Waals surface area contributed by atoms with Gasteiger partial charge in [0.25, 0.3) is 0 Å². The molecule has 18 heavy (non-hydrogen) atoms. The van der Waals surface area contributed by atoms with Crippen molar-refractivity contribution in [2.45, 2.75) is 6.92 Å². The number of carbonyl (C=O) groups is 1. The van der Waals surface area contributed by atoms with Crippen LogP contribution >= 0.6 is 46.4 Å². The van der Waals surface area contributed by atoms with Gasteiger partial charge in [-0.3, -0.25) is 5.43 Å². The molecule has 8 heteroatoms. The maximum absolute atomic E-state index is 11.0. The Hall–Kier alpha value is -0.680. The molecule has 0 radical (unpaired) electrons. The molecule has 1 aromatic rings. The molecule has 0 amide bonds. The number of nitrogens with zero attached hydrogens (tertiary/aromatic N) is 1. The summed E-state index contributed by atoms with van der Waals surface area (Å²) in [7, 11) is 1.19. The number of anilines is 1. The quantitative estimate of drug-likeness (QED) is 0.516. The molecule has 0 heterocycles. The molecule has 98 valence electrons. The number of ether oxygens (including phenoxy) is 1. The molecule has 0 unspecified atom stereocenters. The van der Waals surface area contributed by atoms with E-state index in [1.807, 2.05) is 0 Å². The van der Waals surface area contributed by atoms with Crippen LogP contribution in [-0.4, -0.2) is 18.2 Å². The first-order chi connectivity index (χ1) is 8.38. The average molecular weight is 330 g/mol. The monoisotopic (exact) mass is 328 g/mol. The van der Waals surface area contributed by atoms with E-state index >= 15 is 0 Å². The van der Waals surface area contributed by atoms with Crippen LogP contribution in [0.5, 0.6) is 0 Å². The lowest BCUT2D eigenvalue weighted by Gasteiger charge is -2.10. The van der Waals surface area contributed by atoms with Gasteiger partial charge in [-0.05, 0) is 18.6 Å². The smallest absolute Gasteiger partial charge is 0.370 e. The van der Waals surface area contributed by atoms with E-state index in [2.05, 4.69) is 15.3 Å². The van der Waals surface area contributed by atoms with Gasteiger partial charge in [-0.2, -0.15) is 5.10 Å². The summed E-state index contributed by atoms with van der Waals surface area (Å²) in [5.41, 5.74) is 3.44. The third-order valence-electron chi connectivity index (χ3n) is 2.02. The molecule has 0 aliphatic rings. The molecule has 0 aliphatic heterocycles. The lowest BCUT2D eigenvalue weighted by Crippen LogP contribution is -2.11. The SMILES string of the molecule is COC(=O)C(Cl)=NNc1c(Cl)cc(Cl)c(C)c1Cl. The summed E-state index contributed by atoms with van der Waals surface area (Å²) in [5.74, 6) is -0.776. The van der Waals surface area contributed by atoms with Crippen LogP contribution in [0.3, 0.4) is 0 Å². The normalized spacial score (nSPS) is 11.3. The highest BCUT2D eigenvalue weighted by Crippen LogP contribution is 2.37. The summed E-state index contributed by atoms with van der Waals surface area (Å²) in [6.45, 7) is 1.72. The summed E-state index contributed by atoms with van der Waals surface area (Å²) in [4.78, 5) is 11.0. The first-order valence-electron chi connectivity index (χ1n) is 4.60. The molecular weight excluding hydrogens is 322 g/mol. The van der Waals surface area contributed by atoms with E-state index in [1.54, 1.807) is 6.92 Å². The third kappa shape index (κ3) is 3.42. The molecule has 1 rings (SSSR count). The Morgan fingerprint density at radius 3 is 2.50 bits per heavy atom. The Balaban J connectivity index is 3.06. The van der Waals surface area contributed by atoms with E-state index in [1.165, 1.54) is 13.2 Å². The number of halogens is 4. The van der Waals surface area contributed by atoms with Gasteiger partial charge < -0.3 is 4.74 Å². The molecule has 1 N–H and O–H groups in total. The molecule has 0 atom stereocenters. The Morgan fingerprint density at radius 2 is 1.94 bits per heavy atom. The van der Waals surface area contributed by atoms with Crippen LogP contribution < -0.4 is 5.43 Å². The third-order valence-corrected chi connectivity index (χ3v) is 3.42. The van der Waals surface area contributed by atoms with Crippen LogP contribution in [0.15, 0.2) is 11.2 Å². The van der Waals surface area contributed by atoms with Gasteiger partial charge in [-0.15, -0.1) is 0 Å². The van der Waals surface area contributed by atoms with Crippen molar-refractivity contribution in [2.24, 2.45) is 5.10 Å². The van der Waals surface area contributed by atoms with E-state index in [-0.39, 0.29) is 10.2 Å². The number of hydrazone groups is 1. The highest BCUT2D eigenvalue weighted by Gasteiger charge is 2.13. The lowest BCUT2D eigenvalue weighted by atomic mass is 10.2. The van der Waals surface area contributed by atoms with Crippen LogP contribution in [0, 0.1) is 6.92 Å². The molecule has 0 aliphatic carbocycles. The van der Waals surface area contributed by atoms with Crippen molar-refractivity contribution >= 4 is 63.2 Å². The zero-order valence-electron chi connectivity index (χ0n) is 9.35. The van der Waals surface area contributed by atoms with Gasteiger partial charge in [0.15, 0.2) is 0 Å². The maximum Gasteiger partial charge on any atom is 0.370 e. The highest BCUT2D eigenvalue weighted by molar-refractivity contribution is 6.82. The van der Waals surface area contributed by atoms with Gasteiger partial charge in [-0.25, -0.2) is 4.79 Å². The first-order valence-corrected chi connectivity index (χ1v) is 6.11. The number of methoxy groups -OCH3 is 1. The topological polar surface area (TPSA) is 50.7 Å². The summed E-state index contributed by atoms with van der Waals surface area (Å²) in [5, 5.41) is 4.21. The van der Waals surface area contributed by atoms with Gasteiger partial charge in [0.1, 0.15) is 0 Å². The van der Waals surface area contributed by atoms with Crippen LogP contribution in [0.4, 0.5) is 5.69 Å². The second-order valence-corrected chi connectivity index (χ2v) is 4.71. The molecule has 4 nitrogen and oxygen atoms in total. The average Bonchev–Trinajstić information content (AvgIpc) is 2.34. The molecule has 0 saturated carbocycles. The van der Waals surface area contributed by atoms with Gasteiger partial charge in [-0.1, -0.05) is 46.4 Å². The molecule has 0 saturated heterocycles. The van der Waals surface area contributed by atoms with Crippen molar-refractivity contribution < 1.29 is 9.53 Å². The second kappa shape index (κ2) is 6.48. The summed E-state index contributed by atoms with van der Waals surface area (Å²) < 4.78 is 4.37. The van der Waals surface area contributed by atoms with Crippen molar-refractivity contribution in [1.29, 1.82) is 0 Å². The molecule has 0 bridgehead atoms. The predicted octanol–water partition coefficient (Wildman–Crippen LogP) is 4.09. The van der Waals surface area contributed by atoms with Crippen molar-refractivity contribution in [3.8, 4) is 0 Å². The summed E-state index contributed by atoms with van der Waals surface area (Å²) in [6, 6.07) is 1.51. The summed E-state index contributed by atoms with van der Waals surface area (Å²) in [6.07, 6.45) is 0. The number of esters is 1. The fraction of sp³-hybridized carbons (Fsp3) is 0.200. The van der Waals surface area contributed by atoms with Crippen LogP contribution in [0.25, 0.3) is 0 Å². The van der Waals surface area contributed by atoms with E-state index in [9.17, 15) is 4.79 Å². The molecule has 0 fully saturated rings. The highest BCUT2D eigenvalue weighted by atomic mass is 35.5. The first kappa shape index (κ1) is 15.4. The number of benzene rings is 1. The fourth-order valence-corrected chi connectivity index (χ4v) is 1.99. The van der Waals surface area contributed by atoms with E-state index in [0.29, 0.717) is 21.3 Å². The van der Waals surface area contributed by atoms with Gasteiger partial charge >= 0.3 is 5.97 Å². The van der Waals surface area contributed by atoms with Crippen molar-refractivity contribution in [3.63, 3.8) is 0 Å². The minimum absolute atomic E-state index is 0.258. The fourth-order valence-electron chi connectivity index (χ4n) is 1.03. The van der Waals surface area contributed by atoms with Gasteiger partial charge in [0.2, 0.25) is 5.17 Å². The van der Waals surface area contributed by atoms with Crippen molar-refractivity contribution in [2.75, 3.05) is 12.5 Å². The Morgan fingerprint density at radius 1 is 1.33 bits per heavy atom. The zero-order chi connectivity index (χ0) is 13.9. The maximum atomic E-state index is 11.0. The van der Waals surface area contributed by atoms with Gasteiger partial charge in [0.05, 0.1) is 22.8 Å². The van der Waals surface area contributed by atoms with Gasteiger partial charge in [0, 0.05) is 5.02 Å². The second-order valence-electron chi connectivity index (χ2n) is 3.16. The molecule has 0 aromatic heterocycles. The molecule has 1 aromatic carbocycles. The van der Waals surface area contributed by atoms with Crippen LogP contribution in [0.1, 0.15) is 5.56 Å². The number of hydrogen-bond donors (Lipinski definition) is 1. The minimum Gasteiger partial charge on any atom is -0.464 e. The minimum atomic E-state index is -0.776. The lowest BCUT2D eigenvalue weighted by molar-refractivity contribution is -0.132. The van der Waals surface area contributed by atoms with E-state index < -0.39 is 5.97 Å². The number of rotatable bonds is 3. The van der Waals surface area contributed by atoms with Crippen LogP contribution in [-0.2, 0) is 9.53 Å². The summed E-state index contributed by atoms with van der Waals surface area (Å²) >= 11 is 23.4. The molecular formula is C10H8Cl4N2O2. The Labute approximate surface area is 124 Å². The molecule has 0 spiro atoms. The van der Waals surface area contributed by atoms with Crippen LogP contribution in [0.2, 0.25) is 15.1 Å². The van der Waals surface area contributed by atoms with E-state index in [0.717, 1.165) is 0 Å². The van der Waals surface area contributed by atoms with Crippen molar-refractivity contribution in [1.82, 2.24) is 0 Å². The Bertz CT molecular complexity index is 517. The van der Waals surface area contributed by atoms with E-state index in [4.69, 9.17) is 46.4 Å². The number of carbonyl (C=O) groups excluding carboxylic acids is 1.